The fourth-order valence-electron chi connectivity index (χ4n) is 2.92. The van der Waals surface area contributed by atoms with Crippen LogP contribution in [0.3, 0.4) is 0 Å². The summed E-state index contributed by atoms with van der Waals surface area (Å²) in [5.74, 6) is -0.472. The minimum atomic E-state index is -0.239. The Bertz CT molecular complexity index is 760. The molecule has 0 aliphatic carbocycles. The third-order valence-electron chi connectivity index (χ3n) is 4.04. The molecule has 0 spiro atoms. The van der Waals surface area contributed by atoms with Crippen LogP contribution in [0, 0.1) is 0 Å². The molecule has 0 N–H and O–H groups in total. The van der Waals surface area contributed by atoms with Crippen molar-refractivity contribution in [1.82, 2.24) is 0 Å². The summed E-state index contributed by atoms with van der Waals surface area (Å²) in [4.78, 5) is 26.9. The molecule has 3 nitrogen and oxygen atoms in total. The monoisotopic (exact) mass is 357 g/mol. The highest BCUT2D eigenvalue weighted by Crippen LogP contribution is 2.35. The van der Waals surface area contributed by atoms with E-state index >= 15 is 0 Å². The van der Waals surface area contributed by atoms with E-state index in [1.54, 1.807) is 18.2 Å². The number of amides is 2. The SMILES string of the molecule is CCc1cccc(CC)c1N1C(=O)c2ccc(Br)cc2C1=O. The Balaban J connectivity index is 2.20. The highest BCUT2D eigenvalue weighted by atomic mass is 79.9. The number of benzene rings is 2. The summed E-state index contributed by atoms with van der Waals surface area (Å²) >= 11 is 3.36. The van der Waals surface area contributed by atoms with E-state index in [4.69, 9.17) is 0 Å². The van der Waals surface area contributed by atoms with Crippen LogP contribution < -0.4 is 4.90 Å². The number of halogens is 1. The normalized spacial score (nSPS) is 13.7. The second kappa shape index (κ2) is 5.69. The Labute approximate surface area is 138 Å². The number of imide groups is 1. The Morgan fingerprint density at radius 2 is 1.50 bits per heavy atom. The van der Waals surface area contributed by atoms with Gasteiger partial charge in [-0.2, -0.15) is 0 Å². The first-order valence-corrected chi connectivity index (χ1v) is 8.16. The minimum Gasteiger partial charge on any atom is -0.268 e. The topological polar surface area (TPSA) is 37.4 Å². The van der Waals surface area contributed by atoms with Gasteiger partial charge in [0.2, 0.25) is 0 Å². The summed E-state index contributed by atoms with van der Waals surface area (Å²) in [6, 6.07) is 11.2. The molecule has 0 saturated heterocycles. The molecule has 2 amide bonds. The fourth-order valence-corrected chi connectivity index (χ4v) is 3.28. The van der Waals surface area contributed by atoms with E-state index in [1.807, 2.05) is 32.0 Å². The van der Waals surface area contributed by atoms with Crippen molar-refractivity contribution in [3.63, 3.8) is 0 Å². The van der Waals surface area contributed by atoms with Gasteiger partial charge in [0.15, 0.2) is 0 Å². The number of carbonyl (C=O) groups is 2. The highest BCUT2D eigenvalue weighted by Gasteiger charge is 2.38. The van der Waals surface area contributed by atoms with Crippen molar-refractivity contribution >= 4 is 33.4 Å². The molecule has 22 heavy (non-hydrogen) atoms. The van der Waals surface area contributed by atoms with Gasteiger partial charge in [-0.3, -0.25) is 9.59 Å². The molecule has 0 bridgehead atoms. The lowest BCUT2D eigenvalue weighted by atomic mass is 10.0. The zero-order chi connectivity index (χ0) is 15.9. The second-order valence-corrected chi connectivity index (χ2v) is 6.18. The van der Waals surface area contributed by atoms with Gasteiger partial charge in [0.1, 0.15) is 0 Å². The maximum Gasteiger partial charge on any atom is 0.266 e. The largest absolute Gasteiger partial charge is 0.268 e. The Morgan fingerprint density at radius 1 is 0.909 bits per heavy atom. The van der Waals surface area contributed by atoms with Crippen molar-refractivity contribution in [3.05, 3.63) is 63.1 Å². The molecule has 0 saturated carbocycles. The zero-order valence-electron chi connectivity index (χ0n) is 12.5. The van der Waals surface area contributed by atoms with Crippen molar-refractivity contribution in [2.45, 2.75) is 26.7 Å². The predicted molar refractivity (Wildman–Crippen MR) is 90.5 cm³/mol. The molecule has 1 aliphatic heterocycles. The van der Waals surface area contributed by atoms with Crippen molar-refractivity contribution in [2.24, 2.45) is 0 Å². The van der Waals surface area contributed by atoms with Gasteiger partial charge >= 0.3 is 0 Å². The van der Waals surface area contributed by atoms with Gasteiger partial charge in [0.05, 0.1) is 16.8 Å². The number of aryl methyl sites for hydroxylation is 2. The van der Waals surface area contributed by atoms with Crippen LogP contribution in [0.2, 0.25) is 0 Å². The Kier molecular flexibility index (Phi) is 3.87. The van der Waals surface area contributed by atoms with Crippen molar-refractivity contribution in [3.8, 4) is 0 Å². The molecule has 2 aromatic rings. The van der Waals surface area contributed by atoms with E-state index in [2.05, 4.69) is 15.9 Å². The molecular weight excluding hydrogens is 342 g/mol. The lowest BCUT2D eigenvalue weighted by molar-refractivity contribution is 0.0925. The fraction of sp³-hybridized carbons (Fsp3) is 0.222. The molecular formula is C18H16BrNO2. The number of nitrogens with zero attached hydrogens (tertiary/aromatic N) is 1. The van der Waals surface area contributed by atoms with Gasteiger partial charge in [0.25, 0.3) is 11.8 Å². The van der Waals surface area contributed by atoms with E-state index in [0.29, 0.717) is 11.1 Å². The maximum absolute atomic E-state index is 12.8. The standard InChI is InChI=1S/C18H16BrNO2/c1-3-11-6-5-7-12(4-2)16(11)20-17(21)14-9-8-13(19)10-15(14)18(20)22/h5-10H,3-4H2,1-2H3. The summed E-state index contributed by atoms with van der Waals surface area (Å²) in [6.07, 6.45) is 1.56. The van der Waals surface area contributed by atoms with Crippen LogP contribution in [0.4, 0.5) is 5.69 Å². The molecule has 1 aliphatic rings. The quantitative estimate of drug-likeness (QED) is 0.764. The first-order valence-electron chi connectivity index (χ1n) is 7.37. The third kappa shape index (κ3) is 2.18. The number of fused-ring (bicyclic) bond motifs is 1. The highest BCUT2D eigenvalue weighted by molar-refractivity contribution is 9.10. The predicted octanol–water partition coefficient (Wildman–Crippen LogP) is 4.37. The molecule has 0 unspecified atom stereocenters. The number of carbonyl (C=O) groups excluding carboxylic acids is 2. The van der Waals surface area contributed by atoms with Crippen molar-refractivity contribution in [2.75, 3.05) is 4.90 Å². The van der Waals surface area contributed by atoms with Crippen LogP contribution in [0.1, 0.15) is 45.7 Å². The van der Waals surface area contributed by atoms with E-state index in [1.165, 1.54) is 4.90 Å². The summed E-state index contributed by atoms with van der Waals surface area (Å²) in [7, 11) is 0. The number of rotatable bonds is 3. The molecule has 1 heterocycles. The molecule has 0 fully saturated rings. The van der Waals surface area contributed by atoms with Gasteiger partial charge in [-0.1, -0.05) is 48.0 Å². The van der Waals surface area contributed by atoms with Gasteiger partial charge < -0.3 is 0 Å². The van der Waals surface area contributed by atoms with Gasteiger partial charge in [0, 0.05) is 4.47 Å². The first-order chi connectivity index (χ1) is 10.6. The molecule has 3 rings (SSSR count). The molecule has 4 heteroatoms. The molecule has 0 atom stereocenters. The zero-order valence-corrected chi connectivity index (χ0v) is 14.1. The number of para-hydroxylation sites is 1. The Morgan fingerprint density at radius 3 is 2.09 bits per heavy atom. The van der Waals surface area contributed by atoms with Crippen molar-refractivity contribution < 1.29 is 9.59 Å². The smallest absolute Gasteiger partial charge is 0.266 e. The summed E-state index contributed by atoms with van der Waals surface area (Å²) in [5, 5.41) is 0. The summed E-state index contributed by atoms with van der Waals surface area (Å²) in [6.45, 7) is 4.07. The average molecular weight is 358 g/mol. The molecule has 2 aromatic carbocycles. The van der Waals surface area contributed by atoms with E-state index in [-0.39, 0.29) is 11.8 Å². The molecule has 0 aromatic heterocycles. The van der Waals surface area contributed by atoms with Crippen LogP contribution in [0.25, 0.3) is 0 Å². The number of hydrogen-bond acceptors (Lipinski definition) is 2. The molecule has 112 valence electrons. The van der Waals surface area contributed by atoms with Gasteiger partial charge in [-0.15, -0.1) is 0 Å². The van der Waals surface area contributed by atoms with E-state index < -0.39 is 0 Å². The van der Waals surface area contributed by atoms with Crippen LogP contribution in [-0.4, -0.2) is 11.8 Å². The first kappa shape index (κ1) is 15.0. The van der Waals surface area contributed by atoms with Crippen LogP contribution >= 0.6 is 15.9 Å². The number of anilines is 1. The van der Waals surface area contributed by atoms with Crippen LogP contribution in [0.15, 0.2) is 40.9 Å². The lowest BCUT2D eigenvalue weighted by Crippen LogP contribution is -2.31. The molecule has 0 radical (unpaired) electrons. The van der Waals surface area contributed by atoms with E-state index in [0.717, 1.165) is 34.1 Å². The average Bonchev–Trinajstić information content (AvgIpc) is 2.77. The third-order valence-corrected chi connectivity index (χ3v) is 4.53. The van der Waals surface area contributed by atoms with Crippen molar-refractivity contribution in [1.29, 1.82) is 0 Å². The van der Waals surface area contributed by atoms with Gasteiger partial charge in [-0.05, 0) is 42.2 Å². The number of hydrogen-bond donors (Lipinski definition) is 0. The van der Waals surface area contributed by atoms with E-state index in [9.17, 15) is 9.59 Å². The second-order valence-electron chi connectivity index (χ2n) is 5.27. The minimum absolute atomic E-state index is 0.233. The van der Waals surface area contributed by atoms with Gasteiger partial charge in [-0.25, -0.2) is 4.90 Å². The maximum atomic E-state index is 12.8. The van der Waals surface area contributed by atoms with Crippen LogP contribution in [-0.2, 0) is 12.8 Å². The Hall–Kier alpha value is -1.94. The summed E-state index contributed by atoms with van der Waals surface area (Å²) in [5.41, 5.74) is 3.74. The lowest BCUT2D eigenvalue weighted by Gasteiger charge is -2.21. The summed E-state index contributed by atoms with van der Waals surface area (Å²) < 4.78 is 0.800. The van der Waals surface area contributed by atoms with Crippen LogP contribution in [0.5, 0.6) is 0 Å².